The first-order valence-corrected chi connectivity index (χ1v) is 11.8. The molecular formula is C30H20O10. The average molecular weight is 540 g/mol. The summed E-state index contributed by atoms with van der Waals surface area (Å²) >= 11 is 0. The fourth-order valence-electron chi connectivity index (χ4n) is 4.80. The van der Waals surface area contributed by atoms with Crippen LogP contribution in [-0.4, -0.2) is 55.8 Å². The van der Waals surface area contributed by atoms with E-state index in [9.17, 15) is 44.7 Å². The van der Waals surface area contributed by atoms with Gasteiger partial charge in [-0.2, -0.15) is 0 Å². The van der Waals surface area contributed by atoms with Gasteiger partial charge in [0.1, 0.15) is 17.2 Å². The van der Waals surface area contributed by atoms with Crippen LogP contribution in [0, 0.1) is 6.92 Å². The third-order valence-corrected chi connectivity index (χ3v) is 6.67. The van der Waals surface area contributed by atoms with Gasteiger partial charge in [-0.05, 0) is 36.8 Å². The molecule has 0 aliphatic heterocycles. The van der Waals surface area contributed by atoms with Gasteiger partial charge >= 0.3 is 0 Å². The number of benzene rings is 4. The summed E-state index contributed by atoms with van der Waals surface area (Å²) in [6.07, 6.45) is 0. The Hall–Kier alpha value is -5.64. The summed E-state index contributed by atoms with van der Waals surface area (Å²) in [4.78, 5) is 49.5. The predicted molar refractivity (Wildman–Crippen MR) is 139 cm³/mol. The van der Waals surface area contributed by atoms with E-state index in [1.165, 1.54) is 37.4 Å². The molecule has 0 spiro atoms. The van der Waals surface area contributed by atoms with Crippen molar-refractivity contribution in [3.63, 3.8) is 0 Å². The minimum atomic E-state index is -0.806. The van der Waals surface area contributed by atoms with Gasteiger partial charge in [-0.15, -0.1) is 0 Å². The Morgan fingerprint density at radius 1 is 0.525 bits per heavy atom. The van der Waals surface area contributed by atoms with Crippen molar-refractivity contribution in [1.29, 1.82) is 0 Å². The standard InChI is InChI=1S/C16H12O5.C14H8O5/c1-7-3-9-13(11(17)4-7)16(20)14-10(15(9)19)5-8(21-2)6-12(14)18;15-9-5-8-10(14(19)13(9)18)12(17)7-4-2-1-3-6(7)11(8)16/h3-6,17-18H,1-2H3;1-5,15,18-19H. The molecule has 5 N–H and O–H groups in total. The Kier molecular flexibility index (Phi) is 6.03. The molecular weight excluding hydrogens is 520 g/mol. The molecule has 200 valence electrons. The minimum Gasteiger partial charge on any atom is -0.507 e. The number of rotatable bonds is 1. The second-order valence-corrected chi connectivity index (χ2v) is 9.15. The number of carbonyl (C=O) groups is 4. The van der Waals surface area contributed by atoms with Crippen LogP contribution in [0.5, 0.6) is 34.5 Å². The van der Waals surface area contributed by atoms with E-state index in [0.29, 0.717) is 5.56 Å². The molecule has 4 aromatic rings. The molecule has 0 saturated heterocycles. The number of fused-ring (bicyclic) bond motifs is 4. The number of hydrogen-bond donors (Lipinski definition) is 5. The van der Waals surface area contributed by atoms with Crippen LogP contribution in [0.15, 0.2) is 54.6 Å². The van der Waals surface area contributed by atoms with E-state index in [0.717, 1.165) is 6.07 Å². The molecule has 40 heavy (non-hydrogen) atoms. The van der Waals surface area contributed by atoms with Crippen molar-refractivity contribution in [3.8, 4) is 34.5 Å². The molecule has 0 radical (unpaired) electrons. The molecule has 2 aliphatic rings. The van der Waals surface area contributed by atoms with Gasteiger partial charge in [0, 0.05) is 33.9 Å². The van der Waals surface area contributed by atoms with E-state index in [-0.39, 0.29) is 61.8 Å². The Morgan fingerprint density at radius 2 is 1.05 bits per heavy atom. The van der Waals surface area contributed by atoms with Crippen molar-refractivity contribution in [2.75, 3.05) is 7.11 Å². The first-order chi connectivity index (χ1) is 19.0. The van der Waals surface area contributed by atoms with Crippen LogP contribution in [0.1, 0.15) is 69.2 Å². The van der Waals surface area contributed by atoms with Crippen molar-refractivity contribution >= 4 is 23.1 Å². The minimum absolute atomic E-state index is 0.0708. The zero-order chi connectivity index (χ0) is 29.0. The molecule has 10 heteroatoms. The van der Waals surface area contributed by atoms with Crippen LogP contribution in [0.25, 0.3) is 0 Å². The molecule has 0 atom stereocenters. The number of phenols is 5. The summed E-state index contributed by atoms with van der Waals surface area (Å²) in [5.74, 6) is -4.57. The first kappa shape index (κ1) is 26.0. The highest BCUT2D eigenvalue weighted by molar-refractivity contribution is 6.31. The normalized spacial score (nSPS) is 12.9. The monoisotopic (exact) mass is 540 g/mol. The van der Waals surface area contributed by atoms with E-state index in [4.69, 9.17) is 4.74 Å². The summed E-state index contributed by atoms with van der Waals surface area (Å²) in [7, 11) is 1.40. The lowest BCUT2D eigenvalue weighted by atomic mass is 9.82. The highest BCUT2D eigenvalue weighted by Gasteiger charge is 2.36. The summed E-state index contributed by atoms with van der Waals surface area (Å²) < 4.78 is 5.01. The van der Waals surface area contributed by atoms with E-state index in [1.807, 2.05) is 0 Å². The summed E-state index contributed by atoms with van der Waals surface area (Å²) in [6.45, 7) is 1.72. The van der Waals surface area contributed by atoms with Gasteiger partial charge < -0.3 is 30.3 Å². The second kappa shape index (κ2) is 9.28. The molecule has 0 bridgehead atoms. The molecule has 0 aromatic heterocycles. The molecule has 2 aliphatic carbocycles. The van der Waals surface area contributed by atoms with Gasteiger partial charge in [0.15, 0.2) is 28.8 Å². The zero-order valence-electron chi connectivity index (χ0n) is 21.0. The maximum atomic E-state index is 12.5. The fourth-order valence-corrected chi connectivity index (χ4v) is 4.80. The molecule has 0 fully saturated rings. The van der Waals surface area contributed by atoms with Gasteiger partial charge in [-0.1, -0.05) is 24.3 Å². The smallest absolute Gasteiger partial charge is 0.201 e. The fraction of sp³-hybridized carbons (Fsp3) is 0.0667. The lowest BCUT2D eigenvalue weighted by Crippen LogP contribution is -2.21. The van der Waals surface area contributed by atoms with Gasteiger partial charge in [0.25, 0.3) is 0 Å². The van der Waals surface area contributed by atoms with Crippen LogP contribution in [-0.2, 0) is 0 Å². The molecule has 0 heterocycles. The topological polar surface area (TPSA) is 179 Å². The maximum Gasteiger partial charge on any atom is 0.201 e. The van der Waals surface area contributed by atoms with E-state index >= 15 is 0 Å². The average Bonchev–Trinajstić information content (AvgIpc) is 2.92. The van der Waals surface area contributed by atoms with Gasteiger partial charge in [-0.25, -0.2) is 0 Å². The Labute approximate surface area is 226 Å². The predicted octanol–water partition coefficient (Wildman–Crippen LogP) is 3.77. The Bertz CT molecular complexity index is 1820. The van der Waals surface area contributed by atoms with Crippen molar-refractivity contribution < 1.29 is 49.4 Å². The molecule has 10 nitrogen and oxygen atoms in total. The molecule has 0 saturated carbocycles. The second-order valence-electron chi connectivity index (χ2n) is 9.15. The summed E-state index contributed by atoms with van der Waals surface area (Å²) in [5.41, 5.74) is 0.696. The summed E-state index contributed by atoms with van der Waals surface area (Å²) in [6, 6.07) is 12.8. The number of aryl methyl sites for hydroxylation is 1. The van der Waals surface area contributed by atoms with Gasteiger partial charge in [0.05, 0.1) is 23.8 Å². The third kappa shape index (κ3) is 3.81. The number of ketones is 4. The maximum absolute atomic E-state index is 12.5. The number of ether oxygens (including phenoxy) is 1. The molecule has 0 unspecified atom stereocenters. The van der Waals surface area contributed by atoms with E-state index in [1.54, 1.807) is 25.1 Å². The van der Waals surface area contributed by atoms with Crippen LogP contribution in [0.4, 0.5) is 0 Å². The van der Waals surface area contributed by atoms with Crippen LogP contribution >= 0.6 is 0 Å². The van der Waals surface area contributed by atoms with Crippen LogP contribution in [0.2, 0.25) is 0 Å². The highest BCUT2D eigenvalue weighted by Crippen LogP contribution is 2.43. The molecule has 6 rings (SSSR count). The quantitative estimate of drug-likeness (QED) is 0.193. The number of aromatic hydroxyl groups is 5. The lowest BCUT2D eigenvalue weighted by molar-refractivity contribution is 0.0974. The zero-order valence-corrected chi connectivity index (χ0v) is 21.0. The largest absolute Gasteiger partial charge is 0.507 e. The lowest BCUT2D eigenvalue weighted by Gasteiger charge is -2.20. The van der Waals surface area contributed by atoms with Gasteiger partial charge in [-0.3, -0.25) is 19.2 Å². The summed E-state index contributed by atoms with van der Waals surface area (Å²) in [5, 5.41) is 48.6. The number of carbonyl (C=O) groups excluding carboxylic acids is 4. The van der Waals surface area contributed by atoms with E-state index in [2.05, 4.69) is 0 Å². The van der Waals surface area contributed by atoms with Crippen LogP contribution in [0.3, 0.4) is 0 Å². The Balaban J connectivity index is 0.000000162. The Morgan fingerprint density at radius 3 is 1.68 bits per heavy atom. The SMILES string of the molecule is COc1cc(O)c2c(c1)C(=O)c1cc(C)cc(O)c1C2=O.O=C1c2ccccc2C(=O)c2c1cc(O)c(O)c2O. The highest BCUT2D eigenvalue weighted by atomic mass is 16.5. The van der Waals surface area contributed by atoms with Crippen LogP contribution < -0.4 is 4.74 Å². The number of hydrogen-bond acceptors (Lipinski definition) is 10. The van der Waals surface area contributed by atoms with Gasteiger partial charge in [0.2, 0.25) is 11.5 Å². The van der Waals surface area contributed by atoms with Crippen molar-refractivity contribution in [2.24, 2.45) is 0 Å². The molecule has 4 aromatic carbocycles. The molecule has 0 amide bonds. The number of phenolic OH excluding ortho intramolecular Hbond substituents is 5. The first-order valence-electron chi connectivity index (χ1n) is 11.8. The number of methoxy groups -OCH3 is 1. The van der Waals surface area contributed by atoms with Crippen molar-refractivity contribution in [3.05, 3.63) is 105 Å². The van der Waals surface area contributed by atoms with E-state index < -0.39 is 40.4 Å². The van der Waals surface area contributed by atoms with Crippen molar-refractivity contribution in [1.82, 2.24) is 0 Å². The third-order valence-electron chi connectivity index (χ3n) is 6.67. The van der Waals surface area contributed by atoms with Crippen molar-refractivity contribution in [2.45, 2.75) is 6.92 Å².